The van der Waals surface area contributed by atoms with Crippen molar-refractivity contribution >= 4 is 11.6 Å². The third kappa shape index (κ3) is 2.32. The van der Waals surface area contributed by atoms with Crippen LogP contribution in [0.3, 0.4) is 0 Å². The summed E-state index contributed by atoms with van der Waals surface area (Å²) < 4.78 is 17.9. The zero-order chi connectivity index (χ0) is 9.84. The first-order valence-corrected chi connectivity index (χ1v) is 4.28. The van der Waals surface area contributed by atoms with Gasteiger partial charge in [0.1, 0.15) is 11.6 Å². The van der Waals surface area contributed by atoms with E-state index in [1.54, 1.807) is 0 Å². The summed E-state index contributed by atoms with van der Waals surface area (Å²) in [4.78, 5) is 0. The second-order valence-electron chi connectivity index (χ2n) is 2.62. The van der Waals surface area contributed by atoms with Gasteiger partial charge < -0.3 is 10.5 Å². The molecule has 72 valence electrons. The van der Waals surface area contributed by atoms with E-state index in [1.807, 2.05) is 0 Å². The molecular formula is C9H11ClFNO. The molecule has 0 bridgehead atoms. The predicted molar refractivity (Wildman–Crippen MR) is 50.7 cm³/mol. The van der Waals surface area contributed by atoms with Crippen LogP contribution < -0.4 is 10.5 Å². The van der Waals surface area contributed by atoms with E-state index >= 15 is 0 Å². The molecule has 1 rings (SSSR count). The average molecular weight is 204 g/mol. The maximum atomic E-state index is 12.9. The highest BCUT2D eigenvalue weighted by Crippen LogP contribution is 2.29. The van der Waals surface area contributed by atoms with Crippen LogP contribution in [-0.2, 0) is 6.42 Å². The Balaban J connectivity index is 3.13. The molecule has 0 amide bonds. The van der Waals surface area contributed by atoms with Crippen LogP contribution in [-0.4, -0.2) is 13.7 Å². The molecule has 0 fully saturated rings. The van der Waals surface area contributed by atoms with Crippen molar-refractivity contribution in [3.63, 3.8) is 0 Å². The van der Waals surface area contributed by atoms with Crippen molar-refractivity contribution in [2.24, 2.45) is 5.73 Å². The number of methoxy groups -OCH3 is 1. The molecule has 0 saturated carbocycles. The van der Waals surface area contributed by atoms with E-state index in [-0.39, 0.29) is 10.8 Å². The third-order valence-corrected chi connectivity index (χ3v) is 1.98. The molecule has 1 aromatic rings. The number of halogens is 2. The minimum atomic E-state index is -0.366. The molecule has 1 aromatic carbocycles. The Bertz CT molecular complexity index is 304. The monoisotopic (exact) mass is 203 g/mol. The topological polar surface area (TPSA) is 35.2 Å². The summed E-state index contributed by atoms with van der Waals surface area (Å²) in [5.41, 5.74) is 6.07. The molecule has 0 aliphatic carbocycles. The standard InChI is InChI=1S/C9H11ClFNO/c1-13-9-6(2-3-12)4-7(11)5-8(9)10/h4-5H,2-3,12H2,1H3. The number of hydrogen-bond acceptors (Lipinski definition) is 2. The average Bonchev–Trinajstić information content (AvgIpc) is 2.04. The van der Waals surface area contributed by atoms with E-state index < -0.39 is 0 Å². The molecule has 0 aromatic heterocycles. The van der Waals surface area contributed by atoms with Crippen LogP contribution in [0.15, 0.2) is 12.1 Å². The second-order valence-corrected chi connectivity index (χ2v) is 3.03. The van der Waals surface area contributed by atoms with Crippen molar-refractivity contribution < 1.29 is 9.13 Å². The Morgan fingerprint density at radius 1 is 1.54 bits per heavy atom. The van der Waals surface area contributed by atoms with Gasteiger partial charge in [-0.15, -0.1) is 0 Å². The molecule has 13 heavy (non-hydrogen) atoms. The predicted octanol–water partition coefficient (Wildman–Crippen LogP) is 1.99. The van der Waals surface area contributed by atoms with Crippen LogP contribution in [0.4, 0.5) is 4.39 Å². The Kier molecular flexibility index (Phi) is 3.51. The van der Waals surface area contributed by atoms with Crippen LogP contribution in [0.2, 0.25) is 5.02 Å². The lowest BCUT2D eigenvalue weighted by Crippen LogP contribution is -2.05. The third-order valence-electron chi connectivity index (χ3n) is 1.70. The molecule has 0 atom stereocenters. The summed E-state index contributed by atoms with van der Waals surface area (Å²) in [6, 6.07) is 2.61. The maximum absolute atomic E-state index is 12.9. The van der Waals surface area contributed by atoms with E-state index in [0.29, 0.717) is 24.3 Å². The minimum absolute atomic E-state index is 0.283. The van der Waals surface area contributed by atoms with E-state index in [4.69, 9.17) is 22.1 Å². The van der Waals surface area contributed by atoms with Gasteiger partial charge in [-0.05, 0) is 30.7 Å². The first-order valence-electron chi connectivity index (χ1n) is 3.91. The van der Waals surface area contributed by atoms with Crippen molar-refractivity contribution in [3.05, 3.63) is 28.5 Å². The molecule has 0 radical (unpaired) electrons. The first-order chi connectivity index (χ1) is 6.19. The lowest BCUT2D eigenvalue weighted by Gasteiger charge is -2.09. The van der Waals surface area contributed by atoms with Gasteiger partial charge in [-0.2, -0.15) is 0 Å². The zero-order valence-corrected chi connectivity index (χ0v) is 8.07. The largest absolute Gasteiger partial charge is 0.495 e. The van der Waals surface area contributed by atoms with Crippen molar-refractivity contribution in [3.8, 4) is 5.75 Å². The van der Waals surface area contributed by atoms with Gasteiger partial charge in [0.2, 0.25) is 0 Å². The molecule has 0 heterocycles. The Morgan fingerprint density at radius 2 is 2.23 bits per heavy atom. The first kappa shape index (κ1) is 10.3. The van der Waals surface area contributed by atoms with Gasteiger partial charge in [0.05, 0.1) is 12.1 Å². The van der Waals surface area contributed by atoms with E-state index in [9.17, 15) is 4.39 Å². The Labute approximate surface area is 81.4 Å². The van der Waals surface area contributed by atoms with Crippen LogP contribution >= 0.6 is 11.6 Å². The molecule has 0 spiro atoms. The molecule has 0 saturated heterocycles. The number of rotatable bonds is 3. The van der Waals surface area contributed by atoms with Gasteiger partial charge in [-0.25, -0.2) is 4.39 Å². The van der Waals surface area contributed by atoms with Crippen LogP contribution in [0, 0.1) is 5.82 Å². The van der Waals surface area contributed by atoms with E-state index in [2.05, 4.69) is 0 Å². The number of hydrogen-bond donors (Lipinski definition) is 1. The van der Waals surface area contributed by atoms with Crippen LogP contribution in [0.1, 0.15) is 5.56 Å². The Hall–Kier alpha value is -0.800. The fourth-order valence-corrected chi connectivity index (χ4v) is 1.49. The lowest BCUT2D eigenvalue weighted by atomic mass is 10.1. The molecular weight excluding hydrogens is 193 g/mol. The number of ether oxygens (including phenoxy) is 1. The zero-order valence-electron chi connectivity index (χ0n) is 7.31. The van der Waals surface area contributed by atoms with Crippen molar-refractivity contribution in [1.82, 2.24) is 0 Å². The highest BCUT2D eigenvalue weighted by molar-refractivity contribution is 6.32. The lowest BCUT2D eigenvalue weighted by molar-refractivity contribution is 0.408. The highest BCUT2D eigenvalue weighted by atomic mass is 35.5. The van der Waals surface area contributed by atoms with Gasteiger partial charge >= 0.3 is 0 Å². The normalized spacial score (nSPS) is 10.2. The summed E-state index contributed by atoms with van der Waals surface area (Å²) in [7, 11) is 1.50. The SMILES string of the molecule is COc1c(Cl)cc(F)cc1CCN. The second kappa shape index (κ2) is 4.44. The smallest absolute Gasteiger partial charge is 0.140 e. The molecule has 0 unspecified atom stereocenters. The van der Waals surface area contributed by atoms with Gasteiger partial charge in [-0.3, -0.25) is 0 Å². The van der Waals surface area contributed by atoms with Crippen molar-refractivity contribution in [2.75, 3.05) is 13.7 Å². The molecule has 4 heteroatoms. The quantitative estimate of drug-likeness (QED) is 0.816. The molecule has 0 aliphatic rings. The fraction of sp³-hybridized carbons (Fsp3) is 0.333. The highest BCUT2D eigenvalue weighted by Gasteiger charge is 2.09. The summed E-state index contributed by atoms with van der Waals surface area (Å²) in [5, 5.41) is 0.283. The van der Waals surface area contributed by atoms with Gasteiger partial charge in [-0.1, -0.05) is 11.6 Å². The molecule has 2 N–H and O–H groups in total. The summed E-state index contributed by atoms with van der Waals surface area (Å²) in [6.07, 6.45) is 0.556. The fourth-order valence-electron chi connectivity index (χ4n) is 1.18. The molecule has 0 aliphatic heterocycles. The maximum Gasteiger partial charge on any atom is 0.140 e. The van der Waals surface area contributed by atoms with Crippen LogP contribution in [0.5, 0.6) is 5.75 Å². The molecule has 2 nitrogen and oxygen atoms in total. The Morgan fingerprint density at radius 3 is 2.77 bits per heavy atom. The van der Waals surface area contributed by atoms with Crippen molar-refractivity contribution in [2.45, 2.75) is 6.42 Å². The van der Waals surface area contributed by atoms with Crippen LogP contribution in [0.25, 0.3) is 0 Å². The summed E-state index contributed by atoms with van der Waals surface area (Å²) >= 11 is 5.76. The summed E-state index contributed by atoms with van der Waals surface area (Å²) in [6.45, 7) is 0.441. The number of nitrogens with two attached hydrogens (primary N) is 1. The minimum Gasteiger partial charge on any atom is -0.495 e. The van der Waals surface area contributed by atoms with Gasteiger partial charge in [0.25, 0.3) is 0 Å². The van der Waals surface area contributed by atoms with Gasteiger partial charge in [0, 0.05) is 0 Å². The number of benzene rings is 1. The van der Waals surface area contributed by atoms with Crippen molar-refractivity contribution in [1.29, 1.82) is 0 Å². The van der Waals surface area contributed by atoms with E-state index in [1.165, 1.54) is 19.2 Å². The summed E-state index contributed by atoms with van der Waals surface area (Å²) in [5.74, 6) is 0.141. The van der Waals surface area contributed by atoms with Gasteiger partial charge in [0.15, 0.2) is 0 Å². The van der Waals surface area contributed by atoms with E-state index in [0.717, 1.165) is 0 Å².